The summed E-state index contributed by atoms with van der Waals surface area (Å²) in [6.07, 6.45) is 3.77. The summed E-state index contributed by atoms with van der Waals surface area (Å²) >= 11 is 0. The lowest BCUT2D eigenvalue weighted by Gasteiger charge is -2.04. The summed E-state index contributed by atoms with van der Waals surface area (Å²) in [5, 5.41) is 6.06. The van der Waals surface area contributed by atoms with Crippen molar-refractivity contribution in [3.8, 4) is 0 Å². The Bertz CT molecular complexity index is 451. The fourth-order valence-corrected chi connectivity index (χ4v) is 2.35. The SMILES string of the molecule is CC1CC1c1ccc(CNCC(=O)NCC2CC2)o1. The Kier molecular flexibility index (Phi) is 3.60. The van der Waals surface area contributed by atoms with Crippen molar-refractivity contribution in [1.82, 2.24) is 10.6 Å². The molecule has 4 heteroatoms. The number of rotatable bonds is 7. The molecule has 4 nitrogen and oxygen atoms in total. The van der Waals surface area contributed by atoms with E-state index in [1.54, 1.807) is 0 Å². The third kappa shape index (κ3) is 3.60. The van der Waals surface area contributed by atoms with E-state index in [1.807, 2.05) is 6.07 Å². The molecular formula is C15H22N2O2. The third-order valence-corrected chi connectivity index (χ3v) is 4.03. The van der Waals surface area contributed by atoms with E-state index in [2.05, 4.69) is 23.6 Å². The van der Waals surface area contributed by atoms with E-state index in [4.69, 9.17) is 4.42 Å². The quantitative estimate of drug-likeness (QED) is 0.790. The zero-order valence-electron chi connectivity index (χ0n) is 11.4. The second-order valence-corrected chi connectivity index (χ2v) is 5.97. The fourth-order valence-electron chi connectivity index (χ4n) is 2.35. The standard InChI is InChI=1S/C15H22N2O2/c1-10-6-13(10)14-5-4-12(19-14)8-16-9-15(18)17-7-11-2-3-11/h4-5,10-11,13,16H,2-3,6-9H2,1H3,(H,17,18). The number of hydrogen-bond donors (Lipinski definition) is 2. The molecule has 0 aliphatic heterocycles. The van der Waals surface area contributed by atoms with E-state index in [1.165, 1.54) is 19.3 Å². The van der Waals surface area contributed by atoms with Crippen LogP contribution in [0.25, 0.3) is 0 Å². The maximum atomic E-state index is 11.5. The van der Waals surface area contributed by atoms with Crippen LogP contribution in [0.15, 0.2) is 16.5 Å². The monoisotopic (exact) mass is 262 g/mol. The molecule has 3 rings (SSSR count). The van der Waals surface area contributed by atoms with Crippen molar-refractivity contribution in [2.75, 3.05) is 13.1 Å². The van der Waals surface area contributed by atoms with Crippen LogP contribution < -0.4 is 10.6 Å². The van der Waals surface area contributed by atoms with Crippen LogP contribution in [0.1, 0.15) is 43.6 Å². The normalized spacial score (nSPS) is 25.3. The minimum absolute atomic E-state index is 0.0782. The summed E-state index contributed by atoms with van der Waals surface area (Å²) in [6, 6.07) is 4.08. The summed E-state index contributed by atoms with van der Waals surface area (Å²) in [7, 11) is 0. The molecule has 0 aromatic carbocycles. The van der Waals surface area contributed by atoms with Crippen molar-refractivity contribution in [2.45, 2.75) is 38.6 Å². The van der Waals surface area contributed by atoms with Crippen molar-refractivity contribution >= 4 is 5.91 Å². The molecule has 19 heavy (non-hydrogen) atoms. The number of carbonyl (C=O) groups is 1. The maximum Gasteiger partial charge on any atom is 0.233 e. The van der Waals surface area contributed by atoms with Gasteiger partial charge in [0.25, 0.3) is 0 Å². The van der Waals surface area contributed by atoms with Gasteiger partial charge in [-0.15, -0.1) is 0 Å². The number of hydrogen-bond acceptors (Lipinski definition) is 3. The number of amides is 1. The highest BCUT2D eigenvalue weighted by Gasteiger charge is 2.36. The van der Waals surface area contributed by atoms with Gasteiger partial charge >= 0.3 is 0 Å². The first-order valence-electron chi connectivity index (χ1n) is 7.28. The summed E-state index contributed by atoms with van der Waals surface area (Å²) in [5.74, 6) is 4.22. The van der Waals surface area contributed by atoms with Gasteiger partial charge in [0.1, 0.15) is 11.5 Å². The van der Waals surface area contributed by atoms with E-state index < -0.39 is 0 Å². The van der Waals surface area contributed by atoms with Crippen LogP contribution in [0.2, 0.25) is 0 Å². The van der Waals surface area contributed by atoms with Crippen LogP contribution in [-0.4, -0.2) is 19.0 Å². The Morgan fingerprint density at radius 3 is 2.89 bits per heavy atom. The molecule has 2 unspecified atom stereocenters. The highest BCUT2D eigenvalue weighted by Crippen LogP contribution is 2.47. The van der Waals surface area contributed by atoms with Crippen LogP contribution >= 0.6 is 0 Å². The Morgan fingerprint density at radius 1 is 1.42 bits per heavy atom. The molecule has 2 aliphatic carbocycles. The van der Waals surface area contributed by atoms with Gasteiger partial charge in [0.05, 0.1) is 13.1 Å². The molecule has 0 saturated heterocycles. The predicted octanol–water partition coefficient (Wildman–Crippen LogP) is 2.02. The minimum Gasteiger partial charge on any atom is -0.464 e. The van der Waals surface area contributed by atoms with Crippen molar-refractivity contribution in [3.05, 3.63) is 23.7 Å². The minimum atomic E-state index is 0.0782. The molecule has 2 aliphatic rings. The maximum absolute atomic E-state index is 11.5. The van der Waals surface area contributed by atoms with Gasteiger partial charge in [-0.05, 0) is 43.2 Å². The van der Waals surface area contributed by atoms with Gasteiger partial charge in [0.15, 0.2) is 0 Å². The molecule has 1 aromatic rings. The van der Waals surface area contributed by atoms with Crippen molar-refractivity contribution in [3.63, 3.8) is 0 Å². The highest BCUT2D eigenvalue weighted by molar-refractivity contribution is 5.77. The van der Waals surface area contributed by atoms with Gasteiger partial charge < -0.3 is 15.1 Å². The van der Waals surface area contributed by atoms with Crippen LogP contribution in [-0.2, 0) is 11.3 Å². The highest BCUT2D eigenvalue weighted by atomic mass is 16.3. The van der Waals surface area contributed by atoms with Crippen molar-refractivity contribution in [2.24, 2.45) is 11.8 Å². The van der Waals surface area contributed by atoms with Crippen molar-refractivity contribution in [1.29, 1.82) is 0 Å². The number of carbonyl (C=O) groups excluding carboxylic acids is 1. The van der Waals surface area contributed by atoms with Crippen LogP contribution in [0, 0.1) is 11.8 Å². The zero-order chi connectivity index (χ0) is 13.2. The molecule has 0 bridgehead atoms. The van der Waals surface area contributed by atoms with E-state index >= 15 is 0 Å². The molecule has 104 valence electrons. The smallest absolute Gasteiger partial charge is 0.233 e. The Morgan fingerprint density at radius 2 is 2.21 bits per heavy atom. The first-order chi connectivity index (χ1) is 9.22. The van der Waals surface area contributed by atoms with E-state index in [9.17, 15) is 4.79 Å². The van der Waals surface area contributed by atoms with Crippen LogP contribution in [0.5, 0.6) is 0 Å². The lowest BCUT2D eigenvalue weighted by molar-refractivity contribution is -0.120. The second-order valence-electron chi connectivity index (χ2n) is 5.97. The largest absolute Gasteiger partial charge is 0.464 e. The van der Waals surface area contributed by atoms with Gasteiger partial charge in [-0.1, -0.05) is 6.92 Å². The topological polar surface area (TPSA) is 54.3 Å². The molecule has 2 atom stereocenters. The van der Waals surface area contributed by atoms with E-state index in [0.717, 1.165) is 29.9 Å². The summed E-state index contributed by atoms with van der Waals surface area (Å²) in [4.78, 5) is 11.5. The molecule has 2 fully saturated rings. The molecule has 0 radical (unpaired) electrons. The molecule has 2 N–H and O–H groups in total. The first-order valence-corrected chi connectivity index (χ1v) is 7.28. The fraction of sp³-hybridized carbons (Fsp3) is 0.667. The van der Waals surface area contributed by atoms with Gasteiger partial charge in [-0.25, -0.2) is 0 Å². The van der Waals surface area contributed by atoms with E-state index in [-0.39, 0.29) is 5.91 Å². The van der Waals surface area contributed by atoms with Gasteiger partial charge in [-0.2, -0.15) is 0 Å². The Hall–Kier alpha value is -1.29. The van der Waals surface area contributed by atoms with Gasteiger partial charge in [-0.3, -0.25) is 4.79 Å². The Labute approximate surface area is 113 Å². The average molecular weight is 262 g/mol. The average Bonchev–Trinajstić information content (AvgIpc) is 3.29. The number of furan rings is 1. The second kappa shape index (κ2) is 5.37. The first kappa shape index (κ1) is 12.7. The van der Waals surface area contributed by atoms with E-state index in [0.29, 0.717) is 19.0 Å². The Balaban J connectivity index is 1.34. The lowest BCUT2D eigenvalue weighted by Crippen LogP contribution is -2.34. The molecule has 0 spiro atoms. The molecule has 1 amide bonds. The van der Waals surface area contributed by atoms with Gasteiger partial charge in [0.2, 0.25) is 5.91 Å². The zero-order valence-corrected chi connectivity index (χ0v) is 11.4. The summed E-state index contributed by atoms with van der Waals surface area (Å²) in [5.41, 5.74) is 0. The lowest BCUT2D eigenvalue weighted by atomic mass is 10.3. The summed E-state index contributed by atoms with van der Waals surface area (Å²) in [6.45, 7) is 4.07. The molecule has 1 heterocycles. The van der Waals surface area contributed by atoms with Gasteiger partial charge in [0, 0.05) is 12.5 Å². The molecular weight excluding hydrogens is 240 g/mol. The molecule has 2 saturated carbocycles. The van der Waals surface area contributed by atoms with Crippen LogP contribution in [0.3, 0.4) is 0 Å². The number of nitrogens with one attached hydrogen (secondary N) is 2. The third-order valence-electron chi connectivity index (χ3n) is 4.03. The summed E-state index contributed by atoms with van der Waals surface area (Å²) < 4.78 is 5.77. The van der Waals surface area contributed by atoms with Crippen molar-refractivity contribution < 1.29 is 9.21 Å². The predicted molar refractivity (Wildman–Crippen MR) is 72.7 cm³/mol. The van der Waals surface area contributed by atoms with Crippen LogP contribution in [0.4, 0.5) is 0 Å². The molecule has 1 aromatic heterocycles.